The van der Waals surface area contributed by atoms with Crippen molar-refractivity contribution >= 4 is 23.5 Å². The van der Waals surface area contributed by atoms with Crippen LogP contribution in [-0.2, 0) is 12.8 Å². The molecule has 1 amide bonds. The topological polar surface area (TPSA) is 59.9 Å². The summed E-state index contributed by atoms with van der Waals surface area (Å²) in [6, 6.07) is 7.54. The number of carbonyl (C=O) groups is 1. The molecule has 5 nitrogen and oxygen atoms in total. The van der Waals surface area contributed by atoms with Crippen molar-refractivity contribution in [3.63, 3.8) is 0 Å². The highest BCUT2D eigenvalue weighted by Gasteiger charge is 2.21. The highest BCUT2D eigenvalue weighted by molar-refractivity contribution is 7.14. The Kier molecular flexibility index (Phi) is 5.93. The number of hydrazone groups is 1. The lowest BCUT2D eigenvalue weighted by atomic mass is 9.87. The van der Waals surface area contributed by atoms with Gasteiger partial charge >= 0.3 is 0 Å². The van der Waals surface area contributed by atoms with Crippen LogP contribution in [0.15, 0.2) is 29.4 Å². The number of rotatable bonds is 6. The Balaban J connectivity index is 1.68. The number of aryl methyl sites for hydroxylation is 1. The van der Waals surface area contributed by atoms with Gasteiger partial charge in [-0.05, 0) is 48.9 Å². The average Bonchev–Trinajstić information content (AvgIpc) is 3.10. The van der Waals surface area contributed by atoms with Gasteiger partial charge in [0.15, 0.2) is 11.5 Å². The number of thiophene rings is 1. The lowest BCUT2D eigenvalue weighted by Gasteiger charge is -2.19. The van der Waals surface area contributed by atoms with E-state index in [-0.39, 0.29) is 5.91 Å². The Labute approximate surface area is 158 Å². The van der Waals surface area contributed by atoms with Gasteiger partial charge in [0.25, 0.3) is 5.91 Å². The third kappa shape index (κ3) is 3.90. The van der Waals surface area contributed by atoms with Crippen molar-refractivity contribution < 1.29 is 14.3 Å². The lowest BCUT2D eigenvalue weighted by molar-refractivity contribution is 0.0959. The Morgan fingerprint density at radius 3 is 2.96 bits per heavy atom. The van der Waals surface area contributed by atoms with Crippen molar-refractivity contribution in [1.82, 2.24) is 5.43 Å². The van der Waals surface area contributed by atoms with Crippen LogP contribution in [0, 0.1) is 5.92 Å². The van der Waals surface area contributed by atoms with E-state index < -0.39 is 0 Å². The van der Waals surface area contributed by atoms with Crippen molar-refractivity contribution in [3.8, 4) is 11.5 Å². The van der Waals surface area contributed by atoms with Crippen LogP contribution >= 0.6 is 11.3 Å². The summed E-state index contributed by atoms with van der Waals surface area (Å²) >= 11 is 1.59. The normalized spacial score (nSPS) is 16.3. The van der Waals surface area contributed by atoms with Crippen LogP contribution in [0.4, 0.5) is 0 Å². The molecule has 2 aromatic rings. The van der Waals surface area contributed by atoms with Gasteiger partial charge < -0.3 is 9.47 Å². The number of amides is 1. The molecule has 0 aliphatic heterocycles. The van der Waals surface area contributed by atoms with Gasteiger partial charge in [-0.15, -0.1) is 11.3 Å². The van der Waals surface area contributed by atoms with Crippen molar-refractivity contribution in [1.29, 1.82) is 0 Å². The van der Waals surface area contributed by atoms with E-state index in [1.165, 1.54) is 23.3 Å². The van der Waals surface area contributed by atoms with E-state index in [1.807, 2.05) is 24.3 Å². The van der Waals surface area contributed by atoms with Gasteiger partial charge in [-0.25, -0.2) is 5.43 Å². The van der Waals surface area contributed by atoms with Gasteiger partial charge in [-0.3, -0.25) is 4.79 Å². The van der Waals surface area contributed by atoms with E-state index in [1.54, 1.807) is 31.8 Å². The zero-order valence-corrected chi connectivity index (χ0v) is 16.2. The fraction of sp³-hybridized carbons (Fsp3) is 0.400. The smallest absolute Gasteiger partial charge is 0.281 e. The first-order chi connectivity index (χ1) is 12.7. The van der Waals surface area contributed by atoms with Crippen molar-refractivity contribution in [3.05, 3.63) is 45.1 Å². The zero-order chi connectivity index (χ0) is 18.5. The minimum absolute atomic E-state index is 0.171. The highest BCUT2D eigenvalue weighted by Crippen LogP contribution is 2.33. The predicted octanol–water partition coefficient (Wildman–Crippen LogP) is 4.04. The molecule has 6 heteroatoms. The number of nitrogens with zero attached hydrogens (tertiary/aromatic N) is 1. The Morgan fingerprint density at radius 2 is 2.23 bits per heavy atom. The van der Waals surface area contributed by atoms with Gasteiger partial charge in [-0.2, -0.15) is 5.10 Å². The third-order valence-corrected chi connectivity index (χ3v) is 6.03. The molecule has 1 aromatic heterocycles. The Morgan fingerprint density at radius 1 is 1.38 bits per heavy atom. The van der Waals surface area contributed by atoms with Crippen LogP contribution in [0.1, 0.15) is 45.4 Å². The average molecular weight is 372 g/mol. The van der Waals surface area contributed by atoms with E-state index in [0.717, 1.165) is 29.2 Å². The molecule has 0 spiro atoms. The fourth-order valence-corrected chi connectivity index (χ4v) is 4.39. The molecule has 1 heterocycles. The van der Waals surface area contributed by atoms with Crippen LogP contribution in [0.5, 0.6) is 11.5 Å². The molecule has 1 aromatic carbocycles. The molecular weight excluding hydrogens is 348 g/mol. The predicted molar refractivity (Wildman–Crippen MR) is 105 cm³/mol. The number of nitrogens with one attached hydrogen (secondary N) is 1. The monoisotopic (exact) mass is 372 g/mol. The second-order valence-electron chi connectivity index (χ2n) is 6.36. The summed E-state index contributed by atoms with van der Waals surface area (Å²) in [5.74, 6) is 1.78. The van der Waals surface area contributed by atoms with E-state index in [9.17, 15) is 4.79 Å². The molecule has 0 bridgehead atoms. The molecule has 3 rings (SSSR count). The van der Waals surface area contributed by atoms with Gasteiger partial charge in [-0.1, -0.05) is 19.4 Å². The van der Waals surface area contributed by atoms with Crippen LogP contribution in [0.2, 0.25) is 0 Å². The standard InChI is InChI=1S/C20H24N2O3S/c1-4-13-8-9-17-15(10-13)11-18(26-17)20(23)22-21-12-14-6-5-7-16(24-2)19(14)25-3/h5-7,11-13H,4,8-10H2,1-3H3,(H,22,23)/b21-12-/t13-/m1/s1. The summed E-state index contributed by atoms with van der Waals surface area (Å²) in [7, 11) is 3.16. The number of para-hydroxylation sites is 1. The zero-order valence-electron chi connectivity index (χ0n) is 15.4. The van der Waals surface area contributed by atoms with E-state index >= 15 is 0 Å². The quantitative estimate of drug-likeness (QED) is 0.615. The number of hydrogen-bond donors (Lipinski definition) is 1. The van der Waals surface area contributed by atoms with E-state index in [0.29, 0.717) is 11.5 Å². The minimum Gasteiger partial charge on any atom is -0.493 e. The molecule has 0 saturated heterocycles. The lowest BCUT2D eigenvalue weighted by Crippen LogP contribution is -2.16. The summed E-state index contributed by atoms with van der Waals surface area (Å²) in [6.45, 7) is 2.23. The number of benzene rings is 1. The molecule has 0 fully saturated rings. The second-order valence-corrected chi connectivity index (χ2v) is 7.49. The third-order valence-electron chi connectivity index (χ3n) is 4.79. The summed E-state index contributed by atoms with van der Waals surface area (Å²) in [4.78, 5) is 14.5. The molecule has 138 valence electrons. The number of fused-ring (bicyclic) bond motifs is 1. The van der Waals surface area contributed by atoms with Gasteiger partial charge in [0, 0.05) is 10.4 Å². The van der Waals surface area contributed by atoms with E-state index in [2.05, 4.69) is 17.5 Å². The molecule has 26 heavy (non-hydrogen) atoms. The molecule has 1 atom stereocenters. The van der Waals surface area contributed by atoms with Crippen molar-refractivity contribution in [2.75, 3.05) is 14.2 Å². The van der Waals surface area contributed by atoms with Crippen LogP contribution < -0.4 is 14.9 Å². The van der Waals surface area contributed by atoms with Crippen LogP contribution in [0.25, 0.3) is 0 Å². The number of hydrogen-bond acceptors (Lipinski definition) is 5. The van der Waals surface area contributed by atoms with Crippen LogP contribution in [-0.4, -0.2) is 26.3 Å². The van der Waals surface area contributed by atoms with Crippen molar-refractivity contribution in [2.24, 2.45) is 11.0 Å². The van der Waals surface area contributed by atoms with Crippen LogP contribution in [0.3, 0.4) is 0 Å². The van der Waals surface area contributed by atoms with Gasteiger partial charge in [0.1, 0.15) is 0 Å². The molecular formula is C20H24N2O3S. The number of methoxy groups -OCH3 is 2. The molecule has 1 aliphatic rings. The number of ether oxygens (including phenoxy) is 2. The summed E-state index contributed by atoms with van der Waals surface area (Å²) in [6.07, 6.45) is 6.15. The first-order valence-corrected chi connectivity index (χ1v) is 9.63. The fourth-order valence-electron chi connectivity index (χ4n) is 3.29. The Hall–Kier alpha value is -2.34. The molecule has 0 saturated carbocycles. The minimum atomic E-state index is -0.171. The maximum atomic E-state index is 12.4. The summed E-state index contributed by atoms with van der Waals surface area (Å²) in [5, 5.41) is 4.09. The SMILES string of the molecule is CC[C@@H]1CCc2sc(C(=O)N/N=C\c3cccc(OC)c3OC)cc2C1. The van der Waals surface area contributed by atoms with E-state index in [4.69, 9.17) is 9.47 Å². The Bertz CT molecular complexity index is 813. The maximum absolute atomic E-state index is 12.4. The highest BCUT2D eigenvalue weighted by atomic mass is 32.1. The first-order valence-electron chi connectivity index (χ1n) is 8.82. The van der Waals surface area contributed by atoms with Gasteiger partial charge in [0.05, 0.1) is 25.3 Å². The molecule has 0 unspecified atom stereocenters. The van der Waals surface area contributed by atoms with Crippen molar-refractivity contribution in [2.45, 2.75) is 32.6 Å². The van der Waals surface area contributed by atoms with Gasteiger partial charge in [0.2, 0.25) is 0 Å². The largest absolute Gasteiger partial charge is 0.493 e. The second kappa shape index (κ2) is 8.36. The maximum Gasteiger partial charge on any atom is 0.281 e. The summed E-state index contributed by atoms with van der Waals surface area (Å²) in [5.41, 5.74) is 4.68. The molecule has 0 radical (unpaired) electrons. The molecule has 1 N–H and O–H groups in total. The first kappa shape index (κ1) is 18.5. The number of carbonyl (C=O) groups excluding carboxylic acids is 1. The summed E-state index contributed by atoms with van der Waals surface area (Å²) < 4.78 is 10.6. The molecule has 1 aliphatic carbocycles.